The van der Waals surface area contributed by atoms with Crippen LogP contribution in [-0.4, -0.2) is 38.4 Å². The van der Waals surface area contributed by atoms with Gasteiger partial charge in [0.05, 0.1) is 6.61 Å². The number of hydrogen-bond donors (Lipinski definition) is 1. The summed E-state index contributed by atoms with van der Waals surface area (Å²) in [6, 6.07) is 9.06. The number of aryl methyl sites for hydroxylation is 1. The summed E-state index contributed by atoms with van der Waals surface area (Å²) in [7, 11) is 2.05. The molecule has 2 atom stereocenters. The van der Waals surface area contributed by atoms with Crippen molar-refractivity contribution in [3.63, 3.8) is 0 Å². The Morgan fingerprint density at radius 1 is 1.32 bits per heavy atom. The zero-order chi connectivity index (χ0) is 13.3. The van der Waals surface area contributed by atoms with Gasteiger partial charge in [0.15, 0.2) is 0 Å². The normalized spacial score (nSPS) is 32.6. The molecule has 1 aromatic rings. The number of piperidine rings is 1. The first-order valence-electron chi connectivity index (χ1n) is 7.31. The third-order valence-electron chi connectivity index (χ3n) is 4.74. The Hall–Kier alpha value is -0.900. The standard InChI is InChI=1S/C16H24N2O/c1-13-4-6-14(7-5-13)15-10-18(2)19-12-16(15)8-3-9-17-11-16/h4-7,15,17H,3,8-12H2,1-2H3. The number of likely N-dealkylation sites (N-methyl/N-ethyl adjacent to an activating group) is 1. The predicted molar refractivity (Wildman–Crippen MR) is 77.0 cm³/mol. The van der Waals surface area contributed by atoms with E-state index in [-0.39, 0.29) is 5.41 Å². The lowest BCUT2D eigenvalue weighted by atomic mass is 9.67. The van der Waals surface area contributed by atoms with Crippen LogP contribution in [0.25, 0.3) is 0 Å². The van der Waals surface area contributed by atoms with Gasteiger partial charge in [0.25, 0.3) is 0 Å². The summed E-state index contributed by atoms with van der Waals surface area (Å²) in [6.07, 6.45) is 2.53. The molecule has 2 aliphatic rings. The Labute approximate surface area is 115 Å². The Kier molecular flexibility index (Phi) is 3.61. The van der Waals surface area contributed by atoms with Gasteiger partial charge in [-0.15, -0.1) is 0 Å². The molecule has 2 unspecified atom stereocenters. The minimum absolute atomic E-state index is 0.278. The Morgan fingerprint density at radius 2 is 2.11 bits per heavy atom. The van der Waals surface area contributed by atoms with Crippen molar-refractivity contribution < 1.29 is 4.84 Å². The van der Waals surface area contributed by atoms with Crippen LogP contribution in [-0.2, 0) is 4.84 Å². The third-order valence-corrected chi connectivity index (χ3v) is 4.74. The van der Waals surface area contributed by atoms with Gasteiger partial charge >= 0.3 is 0 Å². The number of hydrogen-bond acceptors (Lipinski definition) is 3. The molecule has 0 aliphatic carbocycles. The van der Waals surface area contributed by atoms with Crippen molar-refractivity contribution in [3.8, 4) is 0 Å². The topological polar surface area (TPSA) is 24.5 Å². The lowest BCUT2D eigenvalue weighted by molar-refractivity contribution is -0.216. The summed E-state index contributed by atoms with van der Waals surface area (Å²) in [5.41, 5.74) is 3.07. The monoisotopic (exact) mass is 260 g/mol. The van der Waals surface area contributed by atoms with E-state index < -0.39 is 0 Å². The minimum atomic E-state index is 0.278. The molecule has 1 N–H and O–H groups in total. The lowest BCUT2D eigenvalue weighted by Gasteiger charge is -2.49. The molecule has 0 radical (unpaired) electrons. The van der Waals surface area contributed by atoms with Crippen molar-refractivity contribution in [2.45, 2.75) is 25.7 Å². The van der Waals surface area contributed by atoms with E-state index in [1.54, 1.807) is 0 Å². The van der Waals surface area contributed by atoms with E-state index >= 15 is 0 Å². The fourth-order valence-corrected chi connectivity index (χ4v) is 3.51. The van der Waals surface area contributed by atoms with Gasteiger partial charge < -0.3 is 5.32 Å². The maximum Gasteiger partial charge on any atom is 0.0759 e. The van der Waals surface area contributed by atoms with Crippen LogP contribution in [0.3, 0.4) is 0 Å². The smallest absolute Gasteiger partial charge is 0.0759 e. The van der Waals surface area contributed by atoms with Crippen LogP contribution < -0.4 is 5.32 Å². The summed E-state index contributed by atoms with van der Waals surface area (Å²) in [4.78, 5) is 5.84. The molecule has 104 valence electrons. The minimum Gasteiger partial charge on any atom is -0.316 e. The second-order valence-electron chi connectivity index (χ2n) is 6.19. The third kappa shape index (κ3) is 2.55. The Bertz CT molecular complexity index is 423. The van der Waals surface area contributed by atoms with Gasteiger partial charge in [-0.05, 0) is 31.9 Å². The summed E-state index contributed by atoms with van der Waals surface area (Å²) < 4.78 is 0. The molecular formula is C16H24N2O. The molecule has 2 aliphatic heterocycles. The first-order chi connectivity index (χ1) is 9.20. The van der Waals surface area contributed by atoms with Gasteiger partial charge in [-0.2, -0.15) is 5.06 Å². The van der Waals surface area contributed by atoms with Crippen molar-refractivity contribution in [3.05, 3.63) is 35.4 Å². The molecular weight excluding hydrogens is 236 g/mol. The lowest BCUT2D eigenvalue weighted by Crippen LogP contribution is -2.54. The summed E-state index contributed by atoms with van der Waals surface area (Å²) >= 11 is 0. The molecule has 0 aromatic heterocycles. The number of benzene rings is 1. The van der Waals surface area contributed by atoms with E-state index in [9.17, 15) is 0 Å². The molecule has 2 fully saturated rings. The largest absolute Gasteiger partial charge is 0.316 e. The first kappa shape index (κ1) is 13.1. The first-order valence-corrected chi connectivity index (χ1v) is 7.31. The molecule has 3 rings (SSSR count). The van der Waals surface area contributed by atoms with Gasteiger partial charge in [-0.25, -0.2) is 0 Å². The molecule has 1 aromatic carbocycles. The van der Waals surface area contributed by atoms with Crippen molar-refractivity contribution in [2.75, 3.05) is 33.3 Å². The number of hydroxylamine groups is 2. The molecule has 3 heteroatoms. The van der Waals surface area contributed by atoms with Crippen LogP contribution in [0.15, 0.2) is 24.3 Å². The van der Waals surface area contributed by atoms with E-state index in [2.05, 4.69) is 36.5 Å². The number of nitrogens with zero attached hydrogens (tertiary/aromatic N) is 1. The molecule has 1 spiro atoms. The molecule has 0 saturated carbocycles. The van der Waals surface area contributed by atoms with Crippen molar-refractivity contribution in [1.29, 1.82) is 0 Å². The highest BCUT2D eigenvalue weighted by Crippen LogP contribution is 2.44. The van der Waals surface area contributed by atoms with Crippen molar-refractivity contribution in [2.24, 2.45) is 5.41 Å². The highest BCUT2D eigenvalue weighted by atomic mass is 16.7. The van der Waals surface area contributed by atoms with Gasteiger partial charge in [0.1, 0.15) is 0 Å². The zero-order valence-electron chi connectivity index (χ0n) is 12.0. The van der Waals surface area contributed by atoms with E-state index in [0.717, 1.165) is 26.2 Å². The molecule has 2 saturated heterocycles. The number of rotatable bonds is 1. The van der Waals surface area contributed by atoms with Crippen LogP contribution in [0.5, 0.6) is 0 Å². The van der Waals surface area contributed by atoms with Gasteiger partial charge in [-0.1, -0.05) is 29.8 Å². The van der Waals surface area contributed by atoms with Crippen molar-refractivity contribution in [1.82, 2.24) is 10.4 Å². The Balaban J connectivity index is 1.91. The van der Waals surface area contributed by atoms with Crippen LogP contribution in [0.1, 0.15) is 29.9 Å². The Morgan fingerprint density at radius 3 is 2.79 bits per heavy atom. The van der Waals surface area contributed by atoms with E-state index in [1.165, 1.54) is 24.0 Å². The fourth-order valence-electron chi connectivity index (χ4n) is 3.51. The molecule has 0 amide bonds. The van der Waals surface area contributed by atoms with E-state index in [0.29, 0.717) is 5.92 Å². The maximum atomic E-state index is 5.84. The van der Waals surface area contributed by atoms with Gasteiger partial charge in [0.2, 0.25) is 0 Å². The predicted octanol–water partition coefficient (Wildman–Crippen LogP) is 2.33. The van der Waals surface area contributed by atoms with Gasteiger partial charge in [-0.3, -0.25) is 4.84 Å². The second-order valence-corrected chi connectivity index (χ2v) is 6.19. The van der Waals surface area contributed by atoms with Crippen LogP contribution in [0.4, 0.5) is 0 Å². The highest BCUT2D eigenvalue weighted by molar-refractivity contribution is 5.27. The summed E-state index contributed by atoms with van der Waals surface area (Å²) in [6.45, 7) is 6.22. The fraction of sp³-hybridized carbons (Fsp3) is 0.625. The quantitative estimate of drug-likeness (QED) is 0.838. The van der Waals surface area contributed by atoms with E-state index in [1.807, 2.05) is 12.1 Å². The second kappa shape index (κ2) is 5.23. The highest BCUT2D eigenvalue weighted by Gasteiger charge is 2.44. The SMILES string of the molecule is Cc1ccc(C2CN(C)OCC23CCCNC3)cc1. The molecule has 3 nitrogen and oxygen atoms in total. The van der Waals surface area contributed by atoms with E-state index in [4.69, 9.17) is 4.84 Å². The van der Waals surface area contributed by atoms with Crippen LogP contribution in [0.2, 0.25) is 0 Å². The summed E-state index contributed by atoms with van der Waals surface area (Å²) in [5, 5.41) is 5.58. The zero-order valence-corrected chi connectivity index (χ0v) is 12.0. The summed E-state index contributed by atoms with van der Waals surface area (Å²) in [5.74, 6) is 0.569. The number of nitrogens with one attached hydrogen (secondary N) is 1. The molecule has 0 bridgehead atoms. The molecule has 19 heavy (non-hydrogen) atoms. The van der Waals surface area contributed by atoms with Crippen LogP contribution >= 0.6 is 0 Å². The average Bonchev–Trinajstić information content (AvgIpc) is 2.44. The molecule has 2 heterocycles. The van der Waals surface area contributed by atoms with Crippen LogP contribution in [0, 0.1) is 12.3 Å². The average molecular weight is 260 g/mol. The van der Waals surface area contributed by atoms with Gasteiger partial charge in [0, 0.05) is 31.5 Å². The maximum absolute atomic E-state index is 5.84. The van der Waals surface area contributed by atoms with Crippen molar-refractivity contribution >= 4 is 0 Å².